The van der Waals surface area contributed by atoms with Crippen molar-refractivity contribution in [3.05, 3.63) is 0 Å². The van der Waals surface area contributed by atoms with Crippen molar-refractivity contribution in [3.8, 4) is 0 Å². The monoisotopic (exact) mass is 202 g/mol. The van der Waals surface area contributed by atoms with E-state index in [1.807, 2.05) is 0 Å². The first-order valence-corrected chi connectivity index (χ1v) is 5.32. The second kappa shape index (κ2) is 7.17. The van der Waals surface area contributed by atoms with Crippen LogP contribution in [0.4, 0.5) is 0 Å². The van der Waals surface area contributed by atoms with E-state index in [0.717, 1.165) is 19.6 Å². The summed E-state index contributed by atoms with van der Waals surface area (Å²) in [4.78, 5) is 0. The molecule has 1 fully saturated rings. The molecule has 1 saturated heterocycles. The maximum atomic E-state index is 5.28. The van der Waals surface area contributed by atoms with Gasteiger partial charge in [0, 0.05) is 26.8 Å². The Kier molecular flexibility index (Phi) is 6.10. The number of nitrogens with one attached hydrogen (secondary N) is 2. The molecule has 0 saturated carbocycles. The van der Waals surface area contributed by atoms with E-state index in [0.29, 0.717) is 12.6 Å². The summed E-state index contributed by atoms with van der Waals surface area (Å²) in [6.45, 7) is 3.79. The summed E-state index contributed by atoms with van der Waals surface area (Å²) < 4.78 is 10.3. The van der Waals surface area contributed by atoms with Gasteiger partial charge in [0.25, 0.3) is 0 Å². The minimum Gasteiger partial charge on any atom is -0.382 e. The zero-order valence-corrected chi connectivity index (χ0v) is 9.21. The summed E-state index contributed by atoms with van der Waals surface area (Å²) in [5, 5.41) is 6.86. The summed E-state index contributed by atoms with van der Waals surface area (Å²) in [5.41, 5.74) is 0. The third-order valence-corrected chi connectivity index (χ3v) is 2.66. The molecule has 2 N–H and O–H groups in total. The van der Waals surface area contributed by atoms with Crippen LogP contribution in [0.5, 0.6) is 0 Å². The van der Waals surface area contributed by atoms with Gasteiger partial charge >= 0.3 is 0 Å². The summed E-state index contributed by atoms with van der Waals surface area (Å²) in [5.74, 6) is 0. The highest BCUT2D eigenvalue weighted by molar-refractivity contribution is 4.75. The molecule has 1 aliphatic heterocycles. The van der Waals surface area contributed by atoms with E-state index < -0.39 is 0 Å². The minimum absolute atomic E-state index is 0.176. The second-order valence-electron chi connectivity index (χ2n) is 3.75. The van der Waals surface area contributed by atoms with E-state index in [1.165, 1.54) is 12.8 Å². The molecule has 0 aliphatic carbocycles. The minimum atomic E-state index is 0.176. The van der Waals surface area contributed by atoms with Gasteiger partial charge in [-0.15, -0.1) is 0 Å². The molecule has 0 aromatic heterocycles. The summed E-state index contributed by atoms with van der Waals surface area (Å²) in [6, 6.07) is 0.644. The molecule has 4 nitrogen and oxygen atoms in total. The lowest BCUT2D eigenvalue weighted by Gasteiger charge is -2.25. The maximum absolute atomic E-state index is 5.28. The molecule has 0 aromatic rings. The fraction of sp³-hybridized carbons (Fsp3) is 1.00. The number of methoxy groups -OCH3 is 2. The molecule has 0 radical (unpaired) electrons. The lowest BCUT2D eigenvalue weighted by atomic mass is 10.1. The summed E-state index contributed by atoms with van der Waals surface area (Å²) in [6.07, 6.45) is 2.60. The number of ether oxygens (including phenoxy) is 2. The Bertz CT molecular complexity index is 133. The molecular weight excluding hydrogens is 180 g/mol. The van der Waals surface area contributed by atoms with Gasteiger partial charge in [0.1, 0.15) is 0 Å². The first-order chi connectivity index (χ1) is 6.86. The zero-order valence-electron chi connectivity index (χ0n) is 9.21. The first-order valence-electron chi connectivity index (χ1n) is 5.32. The first kappa shape index (κ1) is 11.9. The van der Waals surface area contributed by atoms with Gasteiger partial charge in [0.05, 0.1) is 12.7 Å². The van der Waals surface area contributed by atoms with Crippen molar-refractivity contribution in [2.24, 2.45) is 0 Å². The lowest BCUT2D eigenvalue weighted by molar-refractivity contribution is 0.0268. The highest BCUT2D eigenvalue weighted by atomic mass is 16.5. The van der Waals surface area contributed by atoms with E-state index in [9.17, 15) is 0 Å². The van der Waals surface area contributed by atoms with Gasteiger partial charge in [-0.25, -0.2) is 0 Å². The fourth-order valence-corrected chi connectivity index (χ4v) is 1.72. The number of hydrogen-bond donors (Lipinski definition) is 2. The van der Waals surface area contributed by atoms with Crippen LogP contribution < -0.4 is 10.6 Å². The van der Waals surface area contributed by atoms with E-state index in [-0.39, 0.29) is 6.10 Å². The van der Waals surface area contributed by atoms with Crippen LogP contribution in [0.3, 0.4) is 0 Å². The number of piperidine rings is 1. The largest absolute Gasteiger partial charge is 0.382 e. The molecule has 4 heteroatoms. The second-order valence-corrected chi connectivity index (χ2v) is 3.75. The molecule has 0 spiro atoms. The molecule has 1 atom stereocenters. The Balaban J connectivity index is 2.10. The van der Waals surface area contributed by atoms with Crippen LogP contribution in [-0.2, 0) is 9.47 Å². The lowest BCUT2D eigenvalue weighted by Crippen LogP contribution is -2.43. The number of rotatable bonds is 6. The third-order valence-electron chi connectivity index (χ3n) is 2.66. The van der Waals surface area contributed by atoms with Crippen molar-refractivity contribution in [2.75, 3.05) is 40.5 Å². The topological polar surface area (TPSA) is 42.5 Å². The van der Waals surface area contributed by atoms with Crippen molar-refractivity contribution in [1.29, 1.82) is 0 Å². The van der Waals surface area contributed by atoms with Gasteiger partial charge in [-0.2, -0.15) is 0 Å². The van der Waals surface area contributed by atoms with Gasteiger partial charge in [0.15, 0.2) is 0 Å². The van der Waals surface area contributed by atoms with Gasteiger partial charge in [-0.3, -0.25) is 0 Å². The van der Waals surface area contributed by atoms with Crippen LogP contribution >= 0.6 is 0 Å². The average Bonchev–Trinajstić information content (AvgIpc) is 2.25. The Morgan fingerprint density at radius 2 is 2.07 bits per heavy atom. The van der Waals surface area contributed by atoms with Crippen molar-refractivity contribution < 1.29 is 9.47 Å². The van der Waals surface area contributed by atoms with Gasteiger partial charge in [0.2, 0.25) is 0 Å². The molecule has 14 heavy (non-hydrogen) atoms. The molecule has 1 aliphatic rings. The van der Waals surface area contributed by atoms with Gasteiger partial charge in [-0.1, -0.05) is 0 Å². The third kappa shape index (κ3) is 4.37. The van der Waals surface area contributed by atoms with Gasteiger partial charge < -0.3 is 20.1 Å². The maximum Gasteiger partial charge on any atom is 0.0928 e. The van der Waals surface area contributed by atoms with Crippen LogP contribution in [-0.4, -0.2) is 52.6 Å². The van der Waals surface area contributed by atoms with Crippen LogP contribution in [0.25, 0.3) is 0 Å². The van der Waals surface area contributed by atoms with Gasteiger partial charge in [-0.05, 0) is 25.9 Å². The predicted molar refractivity (Wildman–Crippen MR) is 56.6 cm³/mol. The van der Waals surface area contributed by atoms with Crippen LogP contribution in [0.1, 0.15) is 12.8 Å². The fourth-order valence-electron chi connectivity index (χ4n) is 1.72. The molecule has 0 amide bonds. The van der Waals surface area contributed by atoms with Crippen LogP contribution in [0, 0.1) is 0 Å². The Hall–Kier alpha value is -0.160. The Morgan fingerprint density at radius 1 is 1.36 bits per heavy atom. The summed E-state index contributed by atoms with van der Waals surface area (Å²) >= 11 is 0. The highest BCUT2D eigenvalue weighted by Gasteiger charge is 2.14. The van der Waals surface area contributed by atoms with Crippen LogP contribution in [0.2, 0.25) is 0 Å². The van der Waals surface area contributed by atoms with E-state index in [2.05, 4.69) is 10.6 Å². The molecule has 0 aromatic carbocycles. The van der Waals surface area contributed by atoms with E-state index >= 15 is 0 Å². The average molecular weight is 202 g/mol. The molecule has 1 heterocycles. The molecular formula is C10H22N2O2. The molecule has 0 bridgehead atoms. The summed E-state index contributed by atoms with van der Waals surface area (Å²) in [7, 11) is 3.43. The predicted octanol–water partition coefficient (Wildman–Crippen LogP) is -0.0106. The molecule has 1 unspecified atom stereocenters. The number of hydrogen-bond acceptors (Lipinski definition) is 4. The smallest absolute Gasteiger partial charge is 0.0928 e. The Labute approximate surface area is 86.3 Å². The Morgan fingerprint density at radius 3 is 2.64 bits per heavy atom. The van der Waals surface area contributed by atoms with Crippen molar-refractivity contribution in [3.63, 3.8) is 0 Å². The zero-order chi connectivity index (χ0) is 10.2. The van der Waals surface area contributed by atoms with E-state index in [1.54, 1.807) is 14.2 Å². The quantitative estimate of drug-likeness (QED) is 0.636. The van der Waals surface area contributed by atoms with Crippen molar-refractivity contribution >= 4 is 0 Å². The molecule has 84 valence electrons. The SMILES string of the molecule is COCC(CNC1CCNCC1)OC. The van der Waals surface area contributed by atoms with Crippen molar-refractivity contribution in [2.45, 2.75) is 25.0 Å². The highest BCUT2D eigenvalue weighted by Crippen LogP contribution is 2.02. The van der Waals surface area contributed by atoms with Crippen molar-refractivity contribution in [1.82, 2.24) is 10.6 Å². The molecule has 1 rings (SSSR count). The standard InChI is InChI=1S/C10H22N2O2/c1-13-8-10(14-2)7-12-9-3-5-11-6-4-9/h9-12H,3-8H2,1-2H3. The van der Waals surface area contributed by atoms with E-state index in [4.69, 9.17) is 9.47 Å². The normalized spacial score (nSPS) is 21.0. The van der Waals surface area contributed by atoms with Crippen LogP contribution in [0.15, 0.2) is 0 Å².